The Balaban J connectivity index is 1.44. The molecule has 150 valence electrons. The van der Waals surface area contributed by atoms with Gasteiger partial charge in [-0.1, -0.05) is 31.5 Å². The van der Waals surface area contributed by atoms with Crippen LogP contribution in [0.25, 0.3) is 0 Å². The standard InChI is InChI=1S/C21H34N4OS/c1-3-27(26)20-11-7-8-18(14-20)24-21(22-2)23-15-17-12-13-25(16-17)19-9-5-4-6-10-19/h4-6,9-10,17-18,20H,3,7-8,11-16H2,1-2H3,(H2,22,23,24). The van der Waals surface area contributed by atoms with Gasteiger partial charge in [-0.15, -0.1) is 0 Å². The average molecular weight is 391 g/mol. The molecule has 1 aromatic carbocycles. The van der Waals surface area contributed by atoms with Crippen molar-refractivity contribution in [3.8, 4) is 0 Å². The lowest BCUT2D eigenvalue weighted by Gasteiger charge is -2.30. The minimum atomic E-state index is -0.685. The van der Waals surface area contributed by atoms with Crippen LogP contribution in [0.3, 0.4) is 0 Å². The number of rotatable bonds is 6. The van der Waals surface area contributed by atoms with Crippen LogP contribution in [0.15, 0.2) is 35.3 Å². The predicted octanol–water partition coefficient (Wildman–Crippen LogP) is 2.76. The van der Waals surface area contributed by atoms with Gasteiger partial charge >= 0.3 is 0 Å². The summed E-state index contributed by atoms with van der Waals surface area (Å²) < 4.78 is 12.1. The molecule has 4 atom stereocenters. The highest BCUT2D eigenvalue weighted by molar-refractivity contribution is 7.85. The van der Waals surface area contributed by atoms with Crippen LogP contribution < -0.4 is 15.5 Å². The molecule has 27 heavy (non-hydrogen) atoms. The Morgan fingerprint density at radius 3 is 2.81 bits per heavy atom. The molecule has 1 aliphatic heterocycles. The van der Waals surface area contributed by atoms with E-state index >= 15 is 0 Å². The molecule has 2 aliphatic rings. The second kappa shape index (κ2) is 10.1. The Morgan fingerprint density at radius 1 is 1.26 bits per heavy atom. The lowest BCUT2D eigenvalue weighted by molar-refractivity contribution is 0.412. The molecule has 1 aromatic rings. The Kier molecular flexibility index (Phi) is 7.56. The molecule has 0 spiro atoms. The van der Waals surface area contributed by atoms with Crippen LogP contribution in [-0.2, 0) is 10.8 Å². The van der Waals surface area contributed by atoms with Crippen molar-refractivity contribution < 1.29 is 4.21 Å². The normalized spacial score (nSPS) is 27.4. The fourth-order valence-electron chi connectivity index (χ4n) is 4.25. The Hall–Kier alpha value is -1.56. The van der Waals surface area contributed by atoms with E-state index in [2.05, 4.69) is 50.9 Å². The molecule has 1 aliphatic carbocycles. The third-order valence-corrected chi connectivity index (χ3v) is 7.55. The second-order valence-electron chi connectivity index (χ2n) is 7.69. The molecule has 0 bridgehead atoms. The first kappa shape index (κ1) is 20.2. The quantitative estimate of drug-likeness (QED) is 0.579. The number of hydrogen-bond acceptors (Lipinski definition) is 3. The Labute approximate surface area is 166 Å². The molecule has 3 rings (SSSR count). The summed E-state index contributed by atoms with van der Waals surface area (Å²) in [4.78, 5) is 6.88. The van der Waals surface area contributed by atoms with Gasteiger partial charge in [0.25, 0.3) is 0 Å². The molecule has 0 aromatic heterocycles. The van der Waals surface area contributed by atoms with Crippen LogP contribution >= 0.6 is 0 Å². The summed E-state index contributed by atoms with van der Waals surface area (Å²) in [6.07, 6.45) is 5.59. The fourth-order valence-corrected chi connectivity index (χ4v) is 5.60. The summed E-state index contributed by atoms with van der Waals surface area (Å²) in [5.41, 5.74) is 1.32. The maximum Gasteiger partial charge on any atom is 0.191 e. The van der Waals surface area contributed by atoms with Crippen LogP contribution in [0.2, 0.25) is 0 Å². The summed E-state index contributed by atoms with van der Waals surface area (Å²) in [7, 11) is 1.15. The average Bonchev–Trinajstić information content (AvgIpc) is 3.20. The molecule has 6 heteroatoms. The van der Waals surface area contributed by atoms with E-state index in [1.54, 1.807) is 0 Å². The molecular formula is C21H34N4OS. The number of hydrogen-bond donors (Lipinski definition) is 2. The minimum Gasteiger partial charge on any atom is -0.371 e. The second-order valence-corrected chi connectivity index (χ2v) is 9.69. The van der Waals surface area contributed by atoms with Crippen molar-refractivity contribution in [2.45, 2.75) is 50.3 Å². The summed E-state index contributed by atoms with van der Waals surface area (Å²) in [5.74, 6) is 2.29. The largest absolute Gasteiger partial charge is 0.371 e. The lowest BCUT2D eigenvalue weighted by atomic mass is 9.95. The number of benzene rings is 1. The predicted molar refractivity (Wildman–Crippen MR) is 116 cm³/mol. The van der Waals surface area contributed by atoms with Crippen molar-refractivity contribution in [2.24, 2.45) is 10.9 Å². The summed E-state index contributed by atoms with van der Waals surface area (Å²) >= 11 is 0. The minimum absolute atomic E-state index is 0.341. The van der Waals surface area contributed by atoms with Gasteiger partial charge in [-0.05, 0) is 43.7 Å². The topological polar surface area (TPSA) is 56.7 Å². The SMILES string of the molecule is CCS(=O)C1CCCC(NC(=NC)NCC2CCN(c3ccccc3)C2)C1. The van der Waals surface area contributed by atoms with Gasteiger partial charge in [-0.3, -0.25) is 9.20 Å². The number of aliphatic imine (C=N–C) groups is 1. The Bertz CT molecular complexity index is 636. The molecule has 0 amide bonds. The highest BCUT2D eigenvalue weighted by Gasteiger charge is 2.27. The van der Waals surface area contributed by atoms with Crippen LogP contribution in [0.1, 0.15) is 39.0 Å². The Morgan fingerprint density at radius 2 is 2.07 bits per heavy atom. The van der Waals surface area contributed by atoms with Crippen LogP contribution in [-0.4, -0.2) is 53.9 Å². The van der Waals surface area contributed by atoms with Gasteiger partial charge < -0.3 is 15.5 Å². The molecule has 4 unspecified atom stereocenters. The van der Waals surface area contributed by atoms with Crippen molar-refractivity contribution in [1.82, 2.24) is 10.6 Å². The van der Waals surface area contributed by atoms with Crippen molar-refractivity contribution >= 4 is 22.4 Å². The van der Waals surface area contributed by atoms with E-state index in [1.807, 2.05) is 14.0 Å². The molecule has 5 nitrogen and oxygen atoms in total. The maximum atomic E-state index is 12.1. The zero-order chi connectivity index (χ0) is 19.1. The van der Waals surface area contributed by atoms with Gasteiger partial charge in [0, 0.05) is 60.2 Å². The number of para-hydroxylation sites is 1. The maximum absolute atomic E-state index is 12.1. The monoisotopic (exact) mass is 390 g/mol. The molecule has 1 saturated carbocycles. The number of nitrogens with one attached hydrogen (secondary N) is 2. The molecule has 0 radical (unpaired) electrons. The van der Waals surface area contributed by atoms with Crippen LogP contribution in [0.4, 0.5) is 5.69 Å². The summed E-state index contributed by atoms with van der Waals surface area (Å²) in [5, 5.41) is 7.44. The van der Waals surface area contributed by atoms with E-state index < -0.39 is 10.8 Å². The van der Waals surface area contributed by atoms with E-state index in [-0.39, 0.29) is 0 Å². The van der Waals surface area contributed by atoms with Gasteiger partial charge in [-0.2, -0.15) is 0 Å². The van der Waals surface area contributed by atoms with Crippen molar-refractivity contribution in [3.63, 3.8) is 0 Å². The molecular weight excluding hydrogens is 356 g/mol. The van der Waals surface area contributed by atoms with Crippen LogP contribution in [0.5, 0.6) is 0 Å². The number of anilines is 1. The van der Waals surface area contributed by atoms with Crippen LogP contribution in [0, 0.1) is 5.92 Å². The summed E-state index contributed by atoms with van der Waals surface area (Å²) in [6, 6.07) is 11.0. The van der Waals surface area contributed by atoms with E-state index in [0.29, 0.717) is 17.2 Å². The molecule has 1 heterocycles. The van der Waals surface area contributed by atoms with Crippen molar-refractivity contribution in [2.75, 3.05) is 37.3 Å². The van der Waals surface area contributed by atoms with Gasteiger partial charge in [0.15, 0.2) is 5.96 Å². The first-order valence-electron chi connectivity index (χ1n) is 10.3. The van der Waals surface area contributed by atoms with Crippen molar-refractivity contribution in [1.29, 1.82) is 0 Å². The van der Waals surface area contributed by atoms with Crippen molar-refractivity contribution in [3.05, 3.63) is 30.3 Å². The van der Waals surface area contributed by atoms with E-state index in [9.17, 15) is 4.21 Å². The first-order chi connectivity index (χ1) is 13.2. The van der Waals surface area contributed by atoms with E-state index in [1.165, 1.54) is 12.1 Å². The van der Waals surface area contributed by atoms with Gasteiger partial charge in [-0.25, -0.2) is 0 Å². The highest BCUT2D eigenvalue weighted by atomic mass is 32.2. The third-order valence-electron chi connectivity index (χ3n) is 5.81. The number of guanidine groups is 1. The molecule has 2 N–H and O–H groups in total. The first-order valence-corrected chi connectivity index (χ1v) is 11.7. The fraction of sp³-hybridized carbons (Fsp3) is 0.667. The van der Waals surface area contributed by atoms with E-state index in [4.69, 9.17) is 0 Å². The van der Waals surface area contributed by atoms with Gasteiger partial charge in [0.2, 0.25) is 0 Å². The van der Waals surface area contributed by atoms with Gasteiger partial charge in [0.05, 0.1) is 0 Å². The van der Waals surface area contributed by atoms with Gasteiger partial charge in [0.1, 0.15) is 0 Å². The highest BCUT2D eigenvalue weighted by Crippen LogP contribution is 2.24. The summed E-state index contributed by atoms with van der Waals surface area (Å²) in [6.45, 7) is 5.18. The third kappa shape index (κ3) is 5.71. The molecule has 2 fully saturated rings. The smallest absolute Gasteiger partial charge is 0.191 e. The lowest BCUT2D eigenvalue weighted by Crippen LogP contribution is -2.47. The molecule has 1 saturated heterocycles. The van der Waals surface area contributed by atoms with E-state index in [0.717, 1.165) is 57.0 Å². The zero-order valence-corrected chi connectivity index (χ0v) is 17.5. The number of nitrogens with zero attached hydrogens (tertiary/aromatic N) is 2. The zero-order valence-electron chi connectivity index (χ0n) is 16.7.